The van der Waals surface area contributed by atoms with Crippen LogP contribution in [-0.2, 0) is 0 Å². The Bertz CT molecular complexity index is 3240. The van der Waals surface area contributed by atoms with E-state index in [1.807, 2.05) is 24.3 Å². The van der Waals surface area contributed by atoms with Crippen LogP contribution in [-0.4, -0.2) is 19.5 Å². The van der Waals surface area contributed by atoms with Gasteiger partial charge in [-0.3, -0.25) is 0 Å². The largest absolute Gasteiger partial charge is 0.456 e. The SMILES string of the molecule is c1ccc(-c2cccc(-c3nc(-c4ccccc4)nc(-c4cccc5c6ccccc6n(-c6ccc7oc8cccc(-c9ccccc9)c8c7c6)c45)n3)c2)cc1. The first kappa shape index (κ1) is 31.9. The monoisotopic (exact) mass is 716 g/mol. The molecule has 0 aliphatic heterocycles. The molecule has 0 saturated heterocycles. The van der Waals surface area contributed by atoms with Crippen LogP contribution in [0.4, 0.5) is 0 Å². The molecule has 0 unspecified atom stereocenters. The van der Waals surface area contributed by atoms with Gasteiger partial charge in [-0.05, 0) is 64.7 Å². The van der Waals surface area contributed by atoms with Crippen LogP contribution in [0.25, 0.3) is 106 Å². The summed E-state index contributed by atoms with van der Waals surface area (Å²) in [6.45, 7) is 0. The van der Waals surface area contributed by atoms with E-state index < -0.39 is 0 Å². The summed E-state index contributed by atoms with van der Waals surface area (Å²) in [7, 11) is 0. The van der Waals surface area contributed by atoms with Crippen molar-refractivity contribution in [2.45, 2.75) is 0 Å². The number of hydrogen-bond donors (Lipinski definition) is 0. The van der Waals surface area contributed by atoms with Gasteiger partial charge in [0.05, 0.1) is 11.0 Å². The molecule has 0 aliphatic carbocycles. The van der Waals surface area contributed by atoms with Crippen LogP contribution in [0.1, 0.15) is 0 Å². The van der Waals surface area contributed by atoms with Gasteiger partial charge in [0.1, 0.15) is 11.2 Å². The van der Waals surface area contributed by atoms with Gasteiger partial charge < -0.3 is 8.98 Å². The molecular weight excluding hydrogens is 685 g/mol. The predicted molar refractivity (Wildman–Crippen MR) is 229 cm³/mol. The van der Waals surface area contributed by atoms with E-state index in [1.165, 1.54) is 0 Å². The lowest BCUT2D eigenvalue weighted by atomic mass is 9.99. The Morgan fingerprint density at radius 2 is 0.946 bits per heavy atom. The maximum atomic E-state index is 6.47. The van der Waals surface area contributed by atoms with Crippen LogP contribution in [0.5, 0.6) is 0 Å². The molecule has 8 aromatic carbocycles. The van der Waals surface area contributed by atoms with Gasteiger partial charge in [0.25, 0.3) is 0 Å². The van der Waals surface area contributed by atoms with Gasteiger partial charge in [0, 0.05) is 43.9 Å². The van der Waals surface area contributed by atoms with E-state index in [0.29, 0.717) is 17.5 Å². The molecule has 0 amide bonds. The zero-order valence-electron chi connectivity index (χ0n) is 30.2. The number of nitrogens with zero attached hydrogens (tertiary/aromatic N) is 4. The molecule has 0 N–H and O–H groups in total. The Kier molecular flexibility index (Phi) is 7.42. The summed E-state index contributed by atoms with van der Waals surface area (Å²) in [6.07, 6.45) is 0. The van der Waals surface area contributed by atoms with E-state index in [1.54, 1.807) is 0 Å². The third-order valence-electron chi connectivity index (χ3n) is 10.7. The van der Waals surface area contributed by atoms with Crippen LogP contribution >= 0.6 is 0 Å². The first-order valence-electron chi connectivity index (χ1n) is 18.8. The van der Waals surface area contributed by atoms with Gasteiger partial charge in [-0.1, -0.05) is 152 Å². The lowest BCUT2D eigenvalue weighted by Crippen LogP contribution is -2.02. The summed E-state index contributed by atoms with van der Waals surface area (Å²) in [5.41, 5.74) is 12.2. The summed E-state index contributed by atoms with van der Waals surface area (Å²) < 4.78 is 8.82. The number of para-hydroxylation sites is 2. The van der Waals surface area contributed by atoms with Crippen molar-refractivity contribution in [1.82, 2.24) is 19.5 Å². The zero-order valence-corrected chi connectivity index (χ0v) is 30.2. The highest BCUT2D eigenvalue weighted by atomic mass is 16.3. The Morgan fingerprint density at radius 1 is 0.357 bits per heavy atom. The summed E-state index contributed by atoms with van der Waals surface area (Å²) in [5, 5.41) is 4.44. The lowest BCUT2D eigenvalue weighted by Gasteiger charge is -2.13. The molecule has 56 heavy (non-hydrogen) atoms. The van der Waals surface area contributed by atoms with Crippen LogP contribution in [0.2, 0.25) is 0 Å². The zero-order chi connectivity index (χ0) is 37.0. The number of rotatable bonds is 6. The fourth-order valence-electron chi connectivity index (χ4n) is 8.09. The van der Waals surface area contributed by atoms with Crippen molar-refractivity contribution in [2.75, 3.05) is 0 Å². The molecule has 262 valence electrons. The molecule has 0 aliphatic rings. The first-order valence-corrected chi connectivity index (χ1v) is 18.8. The second-order valence-electron chi connectivity index (χ2n) is 14.0. The standard InChI is InChI=1S/C51H32N4O/c1-4-15-33(16-5-1)36-21-12-22-37(31-36)50-52-49(35-19-8-3-9-20-35)53-51(54-50)42-26-13-25-41-40-23-10-11-27-44(40)55(48(41)42)38-29-30-45-43(32-38)47-39(24-14-28-46(47)56-45)34-17-6-2-7-18-34/h1-32H. The molecular formula is C51H32N4O. The molecule has 11 rings (SSSR count). The summed E-state index contributed by atoms with van der Waals surface area (Å²) in [6, 6.07) is 67.3. The first-order chi connectivity index (χ1) is 27.8. The minimum Gasteiger partial charge on any atom is -0.456 e. The molecule has 0 saturated carbocycles. The van der Waals surface area contributed by atoms with Crippen molar-refractivity contribution in [2.24, 2.45) is 0 Å². The van der Waals surface area contributed by atoms with Crippen LogP contribution in [0, 0.1) is 0 Å². The van der Waals surface area contributed by atoms with Crippen LogP contribution in [0.15, 0.2) is 199 Å². The fourth-order valence-corrected chi connectivity index (χ4v) is 8.09. The Balaban J connectivity index is 1.17. The molecule has 0 radical (unpaired) electrons. The molecule has 5 nitrogen and oxygen atoms in total. The summed E-state index contributed by atoms with van der Waals surface area (Å²) >= 11 is 0. The lowest BCUT2D eigenvalue weighted by molar-refractivity contribution is 0.669. The number of hydrogen-bond acceptors (Lipinski definition) is 4. The average molecular weight is 717 g/mol. The van der Waals surface area contributed by atoms with Gasteiger partial charge in [-0.15, -0.1) is 0 Å². The van der Waals surface area contributed by atoms with Crippen molar-refractivity contribution in [3.05, 3.63) is 194 Å². The van der Waals surface area contributed by atoms with Gasteiger partial charge in [-0.2, -0.15) is 0 Å². The van der Waals surface area contributed by atoms with E-state index >= 15 is 0 Å². The average Bonchev–Trinajstić information content (AvgIpc) is 3.83. The maximum Gasteiger partial charge on any atom is 0.166 e. The number of furan rings is 1. The van der Waals surface area contributed by atoms with E-state index in [2.05, 4.69) is 174 Å². The van der Waals surface area contributed by atoms with E-state index in [-0.39, 0.29) is 0 Å². The highest BCUT2D eigenvalue weighted by molar-refractivity contribution is 6.15. The highest BCUT2D eigenvalue weighted by Crippen LogP contribution is 2.41. The Morgan fingerprint density at radius 3 is 1.75 bits per heavy atom. The molecule has 11 aromatic rings. The molecule has 3 aromatic heterocycles. The van der Waals surface area contributed by atoms with Crippen molar-refractivity contribution in [3.63, 3.8) is 0 Å². The number of aromatic nitrogens is 4. The van der Waals surface area contributed by atoms with Gasteiger partial charge in [0.15, 0.2) is 17.5 Å². The maximum absolute atomic E-state index is 6.47. The normalized spacial score (nSPS) is 11.6. The van der Waals surface area contributed by atoms with Crippen LogP contribution in [0.3, 0.4) is 0 Å². The minimum absolute atomic E-state index is 0.606. The molecule has 3 heterocycles. The summed E-state index contributed by atoms with van der Waals surface area (Å²) in [5.74, 6) is 1.84. The molecule has 0 atom stereocenters. The summed E-state index contributed by atoms with van der Waals surface area (Å²) in [4.78, 5) is 15.6. The molecule has 0 fully saturated rings. The van der Waals surface area contributed by atoms with E-state index in [9.17, 15) is 0 Å². The third kappa shape index (κ3) is 5.29. The molecule has 0 bridgehead atoms. The topological polar surface area (TPSA) is 56.7 Å². The van der Waals surface area contributed by atoms with Gasteiger partial charge in [0.2, 0.25) is 0 Å². The number of benzene rings is 8. The second-order valence-corrected chi connectivity index (χ2v) is 14.0. The Labute approximate surface area is 322 Å². The fraction of sp³-hybridized carbons (Fsp3) is 0. The van der Waals surface area contributed by atoms with E-state index in [0.717, 1.165) is 88.4 Å². The van der Waals surface area contributed by atoms with Gasteiger partial charge in [-0.25, -0.2) is 15.0 Å². The molecule has 5 heteroatoms. The van der Waals surface area contributed by atoms with Gasteiger partial charge >= 0.3 is 0 Å². The van der Waals surface area contributed by atoms with Crippen molar-refractivity contribution < 1.29 is 4.42 Å². The van der Waals surface area contributed by atoms with Crippen molar-refractivity contribution in [1.29, 1.82) is 0 Å². The molecule has 0 spiro atoms. The van der Waals surface area contributed by atoms with Crippen molar-refractivity contribution >= 4 is 43.7 Å². The number of fused-ring (bicyclic) bond motifs is 6. The quantitative estimate of drug-likeness (QED) is 0.172. The van der Waals surface area contributed by atoms with Crippen LogP contribution < -0.4 is 0 Å². The van der Waals surface area contributed by atoms with Crippen molar-refractivity contribution in [3.8, 4) is 62.1 Å². The second kappa shape index (κ2) is 13.0. The third-order valence-corrected chi connectivity index (χ3v) is 10.7. The smallest absolute Gasteiger partial charge is 0.166 e. The Hall–Kier alpha value is -7.63. The predicted octanol–water partition coefficient (Wildman–Crippen LogP) is 13.2. The highest BCUT2D eigenvalue weighted by Gasteiger charge is 2.21. The minimum atomic E-state index is 0.606. The van der Waals surface area contributed by atoms with E-state index in [4.69, 9.17) is 19.4 Å².